The van der Waals surface area contributed by atoms with Gasteiger partial charge in [0.25, 0.3) is 10.0 Å². The van der Waals surface area contributed by atoms with E-state index in [0.717, 1.165) is 16.1 Å². The molecule has 2 atom stereocenters. The molecule has 26 heavy (non-hydrogen) atoms. The van der Waals surface area contributed by atoms with Gasteiger partial charge in [0.05, 0.1) is 16.6 Å². The largest absolute Gasteiger partial charge is 0.326 e. The van der Waals surface area contributed by atoms with Crippen molar-refractivity contribution in [2.45, 2.75) is 47.8 Å². The van der Waals surface area contributed by atoms with Crippen LogP contribution in [0.25, 0.3) is 0 Å². The summed E-state index contributed by atoms with van der Waals surface area (Å²) in [5.74, 6) is -0.0301. The van der Waals surface area contributed by atoms with E-state index in [-0.39, 0.29) is 22.1 Å². The van der Waals surface area contributed by atoms with E-state index in [1.807, 2.05) is 31.2 Å². The van der Waals surface area contributed by atoms with Crippen LogP contribution < -0.4 is 9.62 Å². The Morgan fingerprint density at radius 3 is 2.69 bits per heavy atom. The van der Waals surface area contributed by atoms with Gasteiger partial charge in [-0.25, -0.2) is 8.42 Å². The average Bonchev–Trinajstić information content (AvgIpc) is 2.62. The Labute approximate surface area is 157 Å². The van der Waals surface area contributed by atoms with Crippen LogP contribution in [0.4, 0.5) is 11.4 Å². The van der Waals surface area contributed by atoms with Gasteiger partial charge in [0, 0.05) is 22.3 Å². The summed E-state index contributed by atoms with van der Waals surface area (Å²) in [5.41, 5.74) is 2.30. The fourth-order valence-electron chi connectivity index (χ4n) is 3.43. The highest BCUT2D eigenvalue weighted by molar-refractivity contribution is 8.00. The maximum Gasteiger partial charge on any atom is 0.264 e. The molecular weight excluding hydrogens is 368 g/mol. The zero-order chi connectivity index (χ0) is 18.5. The number of carbonyl (C=O) groups is 1. The van der Waals surface area contributed by atoms with Gasteiger partial charge >= 0.3 is 0 Å². The van der Waals surface area contributed by atoms with E-state index in [4.69, 9.17) is 0 Å². The van der Waals surface area contributed by atoms with Crippen LogP contribution in [0.15, 0.2) is 52.3 Å². The summed E-state index contributed by atoms with van der Waals surface area (Å²) in [6.45, 7) is 4.00. The minimum absolute atomic E-state index is 0.0301. The second-order valence-electron chi connectivity index (χ2n) is 6.70. The Morgan fingerprint density at radius 1 is 1.12 bits per heavy atom. The highest BCUT2D eigenvalue weighted by atomic mass is 32.2. The standard InChI is InChI=1S/C19H20N2O3S2/c1-12-13(2)25-18-6-4-3-5-17(18)21(12)26(23,24)15-8-9-16-14(11-15)7-10-19(22)20-16/h3-6,8-9,11-13H,7,10H2,1-2H3,(H,20,22)/t12-,13+/m0/s1. The number of nitrogens with one attached hydrogen (secondary N) is 1. The van der Waals surface area contributed by atoms with Crippen LogP contribution in [0.3, 0.4) is 0 Å². The first-order chi connectivity index (χ1) is 12.4. The number of fused-ring (bicyclic) bond motifs is 2. The molecule has 2 aliphatic rings. The lowest BCUT2D eigenvalue weighted by atomic mass is 10.0. The SMILES string of the molecule is C[C@H]1Sc2ccccc2N(S(=O)(=O)c2ccc3c(c2)CCC(=O)N3)[C@H]1C. The Bertz CT molecular complexity index is 988. The third kappa shape index (κ3) is 2.79. The topological polar surface area (TPSA) is 66.5 Å². The summed E-state index contributed by atoms with van der Waals surface area (Å²) in [4.78, 5) is 12.8. The Kier molecular flexibility index (Phi) is 4.23. The molecule has 1 N–H and O–H groups in total. The summed E-state index contributed by atoms with van der Waals surface area (Å²) in [7, 11) is -3.70. The number of rotatable bonds is 2. The van der Waals surface area contributed by atoms with Gasteiger partial charge in [-0.2, -0.15) is 0 Å². The Hall–Kier alpha value is -1.99. The van der Waals surface area contributed by atoms with Gasteiger partial charge in [0.2, 0.25) is 5.91 Å². The fourth-order valence-corrected chi connectivity index (χ4v) is 6.52. The van der Waals surface area contributed by atoms with Crippen molar-refractivity contribution in [2.24, 2.45) is 0 Å². The molecule has 0 saturated carbocycles. The molecule has 136 valence electrons. The van der Waals surface area contributed by atoms with Crippen molar-refractivity contribution in [1.82, 2.24) is 0 Å². The molecule has 1 amide bonds. The summed E-state index contributed by atoms with van der Waals surface area (Å²) < 4.78 is 28.5. The summed E-state index contributed by atoms with van der Waals surface area (Å²) in [5, 5.41) is 2.95. The van der Waals surface area contributed by atoms with Crippen LogP contribution in [-0.2, 0) is 21.2 Å². The Morgan fingerprint density at radius 2 is 1.88 bits per heavy atom. The molecule has 0 fully saturated rings. The molecule has 0 aliphatic carbocycles. The molecule has 0 unspecified atom stereocenters. The first-order valence-corrected chi connectivity index (χ1v) is 10.9. The van der Waals surface area contributed by atoms with E-state index in [1.54, 1.807) is 34.3 Å². The third-order valence-corrected chi connectivity index (χ3v) is 8.26. The van der Waals surface area contributed by atoms with Crippen molar-refractivity contribution in [3.8, 4) is 0 Å². The molecule has 0 saturated heterocycles. The van der Waals surface area contributed by atoms with Crippen LogP contribution in [-0.4, -0.2) is 25.6 Å². The predicted octanol–water partition coefficient (Wildman–Crippen LogP) is 3.65. The first-order valence-electron chi connectivity index (χ1n) is 8.61. The molecular formula is C19H20N2O3S2. The normalized spacial score (nSPS) is 22.4. The lowest BCUT2D eigenvalue weighted by Gasteiger charge is -2.39. The number of nitrogens with zero attached hydrogens (tertiary/aromatic N) is 1. The minimum Gasteiger partial charge on any atom is -0.326 e. The number of anilines is 2. The molecule has 2 aromatic carbocycles. The fraction of sp³-hybridized carbons (Fsp3) is 0.316. The third-order valence-electron chi connectivity index (χ3n) is 4.99. The van der Waals surface area contributed by atoms with E-state index >= 15 is 0 Å². The zero-order valence-corrected chi connectivity index (χ0v) is 16.2. The molecule has 2 aliphatic heterocycles. The average molecular weight is 389 g/mol. The number of hydrogen-bond acceptors (Lipinski definition) is 4. The number of sulfonamides is 1. The van der Waals surface area contributed by atoms with Gasteiger partial charge in [-0.15, -0.1) is 11.8 Å². The summed E-state index contributed by atoms with van der Waals surface area (Å²) >= 11 is 1.70. The van der Waals surface area contributed by atoms with E-state index in [2.05, 4.69) is 12.2 Å². The molecule has 0 radical (unpaired) electrons. The lowest BCUT2D eigenvalue weighted by Crippen LogP contribution is -2.46. The molecule has 0 spiro atoms. The van der Waals surface area contributed by atoms with Gasteiger partial charge in [0.1, 0.15) is 0 Å². The lowest BCUT2D eigenvalue weighted by molar-refractivity contribution is -0.116. The van der Waals surface area contributed by atoms with Crippen LogP contribution in [0, 0.1) is 0 Å². The second-order valence-corrected chi connectivity index (χ2v) is 9.93. The highest BCUT2D eigenvalue weighted by Crippen LogP contribution is 2.44. The molecule has 4 rings (SSSR count). The molecule has 5 nitrogen and oxygen atoms in total. The van der Waals surface area contributed by atoms with E-state index in [0.29, 0.717) is 18.5 Å². The predicted molar refractivity (Wildman–Crippen MR) is 104 cm³/mol. The van der Waals surface area contributed by atoms with Gasteiger partial charge < -0.3 is 5.32 Å². The van der Waals surface area contributed by atoms with Crippen molar-refractivity contribution in [2.75, 3.05) is 9.62 Å². The van der Waals surface area contributed by atoms with Crippen molar-refractivity contribution in [1.29, 1.82) is 0 Å². The van der Waals surface area contributed by atoms with Crippen LogP contribution in [0.5, 0.6) is 0 Å². The number of benzene rings is 2. The zero-order valence-electron chi connectivity index (χ0n) is 14.6. The Balaban J connectivity index is 1.81. The molecule has 2 aromatic rings. The van der Waals surface area contributed by atoms with E-state index < -0.39 is 10.0 Å². The maximum atomic E-state index is 13.5. The van der Waals surface area contributed by atoms with Gasteiger partial charge in [-0.05, 0) is 49.2 Å². The van der Waals surface area contributed by atoms with Crippen LogP contribution in [0.1, 0.15) is 25.8 Å². The molecule has 0 aromatic heterocycles. The van der Waals surface area contributed by atoms with Crippen LogP contribution >= 0.6 is 11.8 Å². The number of hydrogen-bond donors (Lipinski definition) is 1. The summed E-state index contributed by atoms with van der Waals surface area (Å²) in [6.07, 6.45) is 0.941. The summed E-state index contributed by atoms with van der Waals surface area (Å²) in [6, 6.07) is 12.4. The number of aryl methyl sites for hydroxylation is 1. The number of amides is 1. The van der Waals surface area contributed by atoms with Crippen molar-refractivity contribution in [3.05, 3.63) is 48.0 Å². The van der Waals surface area contributed by atoms with E-state index in [9.17, 15) is 13.2 Å². The van der Waals surface area contributed by atoms with Crippen molar-refractivity contribution >= 4 is 39.1 Å². The number of para-hydroxylation sites is 1. The minimum atomic E-state index is -3.70. The maximum absolute atomic E-state index is 13.5. The van der Waals surface area contributed by atoms with Gasteiger partial charge in [0.15, 0.2) is 0 Å². The molecule has 0 bridgehead atoms. The molecule has 2 heterocycles. The highest BCUT2D eigenvalue weighted by Gasteiger charge is 2.38. The number of thioether (sulfide) groups is 1. The molecule has 7 heteroatoms. The monoisotopic (exact) mass is 388 g/mol. The second kappa shape index (κ2) is 6.32. The van der Waals surface area contributed by atoms with Gasteiger partial charge in [-0.1, -0.05) is 19.1 Å². The van der Waals surface area contributed by atoms with Crippen LogP contribution in [0.2, 0.25) is 0 Å². The first kappa shape index (κ1) is 17.4. The van der Waals surface area contributed by atoms with Gasteiger partial charge in [-0.3, -0.25) is 9.10 Å². The quantitative estimate of drug-likeness (QED) is 0.853. The van der Waals surface area contributed by atoms with Crippen molar-refractivity contribution < 1.29 is 13.2 Å². The van der Waals surface area contributed by atoms with Crippen molar-refractivity contribution in [3.63, 3.8) is 0 Å². The number of carbonyl (C=O) groups excluding carboxylic acids is 1. The smallest absolute Gasteiger partial charge is 0.264 e. The van der Waals surface area contributed by atoms with E-state index in [1.165, 1.54) is 0 Å².